The quantitative estimate of drug-likeness (QED) is 0.628. The van der Waals surface area contributed by atoms with Crippen LogP contribution in [0.15, 0.2) is 4.52 Å². The maximum absolute atomic E-state index is 12.7. The fraction of sp³-hybridized carbons (Fsp3) is 0.850. The molecule has 26 heavy (non-hydrogen) atoms. The molecule has 2 aliphatic carbocycles. The molecule has 1 saturated heterocycles. The van der Waals surface area contributed by atoms with Crippen molar-refractivity contribution in [2.75, 3.05) is 19.8 Å². The van der Waals surface area contributed by atoms with Crippen LogP contribution >= 0.6 is 0 Å². The average Bonchev–Trinajstić information content (AvgIpc) is 3.10. The van der Waals surface area contributed by atoms with Crippen LogP contribution in [0.1, 0.15) is 82.0 Å². The number of amides is 1. The number of hydrogen-bond donors (Lipinski definition) is 0. The van der Waals surface area contributed by atoms with Crippen LogP contribution in [-0.2, 0) is 16.0 Å². The standard InChI is InChI=1S/C20H31N3O3/c24-19(10-9-15-4-1-2-5-15)23-12-3-6-17(23)20-21-18(22-26-20)11-13-25-14-16-7-8-16/h15-17H,1-14H2. The van der Waals surface area contributed by atoms with E-state index >= 15 is 0 Å². The summed E-state index contributed by atoms with van der Waals surface area (Å²) in [6, 6.07) is -0.0280. The molecule has 6 nitrogen and oxygen atoms in total. The molecule has 3 fully saturated rings. The first kappa shape index (κ1) is 18.0. The summed E-state index contributed by atoms with van der Waals surface area (Å²) in [5.74, 6) is 3.09. The van der Waals surface area contributed by atoms with Gasteiger partial charge in [0.05, 0.1) is 6.61 Å². The Morgan fingerprint density at radius 3 is 2.77 bits per heavy atom. The first-order chi connectivity index (χ1) is 12.8. The van der Waals surface area contributed by atoms with Gasteiger partial charge in [0.1, 0.15) is 6.04 Å². The molecule has 0 N–H and O–H groups in total. The number of carbonyl (C=O) groups is 1. The highest BCUT2D eigenvalue weighted by molar-refractivity contribution is 5.76. The van der Waals surface area contributed by atoms with Gasteiger partial charge in [0.15, 0.2) is 5.82 Å². The number of nitrogens with zero attached hydrogens (tertiary/aromatic N) is 3. The number of aromatic nitrogens is 2. The van der Waals surface area contributed by atoms with Gasteiger partial charge in [0.2, 0.25) is 11.8 Å². The van der Waals surface area contributed by atoms with Crippen molar-refractivity contribution in [3.05, 3.63) is 11.7 Å². The molecule has 2 saturated carbocycles. The molecule has 6 heteroatoms. The molecule has 3 aliphatic rings. The van der Waals surface area contributed by atoms with E-state index in [-0.39, 0.29) is 11.9 Å². The van der Waals surface area contributed by atoms with Gasteiger partial charge in [-0.2, -0.15) is 4.98 Å². The fourth-order valence-corrected chi connectivity index (χ4v) is 4.29. The van der Waals surface area contributed by atoms with Gasteiger partial charge in [-0.25, -0.2) is 0 Å². The van der Waals surface area contributed by atoms with Gasteiger partial charge in [-0.3, -0.25) is 4.79 Å². The SMILES string of the molecule is O=C(CCC1CCCC1)N1CCCC1c1nc(CCOCC2CC2)no1. The predicted molar refractivity (Wildman–Crippen MR) is 96.4 cm³/mol. The molecule has 1 amide bonds. The van der Waals surface area contributed by atoms with E-state index in [1.54, 1.807) is 0 Å². The van der Waals surface area contributed by atoms with Crippen LogP contribution in [0.25, 0.3) is 0 Å². The van der Waals surface area contributed by atoms with Crippen molar-refractivity contribution in [1.29, 1.82) is 0 Å². The molecule has 0 spiro atoms. The number of likely N-dealkylation sites (tertiary alicyclic amines) is 1. The van der Waals surface area contributed by atoms with Crippen LogP contribution in [-0.4, -0.2) is 40.7 Å². The molecule has 1 aromatic heterocycles. The van der Waals surface area contributed by atoms with E-state index in [4.69, 9.17) is 9.26 Å². The Kier molecular flexibility index (Phi) is 5.88. The highest BCUT2D eigenvalue weighted by Crippen LogP contribution is 2.33. The first-order valence-electron chi connectivity index (χ1n) is 10.5. The number of rotatable bonds is 9. The second kappa shape index (κ2) is 8.51. The molecule has 144 valence electrons. The summed E-state index contributed by atoms with van der Waals surface area (Å²) < 4.78 is 11.1. The van der Waals surface area contributed by atoms with Gasteiger partial charge in [0.25, 0.3) is 0 Å². The fourth-order valence-electron chi connectivity index (χ4n) is 4.29. The topological polar surface area (TPSA) is 68.5 Å². The van der Waals surface area contributed by atoms with E-state index in [0.29, 0.717) is 31.2 Å². The van der Waals surface area contributed by atoms with Gasteiger partial charge < -0.3 is 14.2 Å². The average molecular weight is 361 g/mol. The van der Waals surface area contributed by atoms with Crippen molar-refractivity contribution >= 4 is 5.91 Å². The maximum Gasteiger partial charge on any atom is 0.249 e. The molecular weight excluding hydrogens is 330 g/mol. The minimum Gasteiger partial charge on any atom is -0.381 e. The normalized spacial score (nSPS) is 23.8. The smallest absolute Gasteiger partial charge is 0.249 e. The lowest BCUT2D eigenvalue weighted by molar-refractivity contribution is -0.132. The van der Waals surface area contributed by atoms with Crippen molar-refractivity contribution in [1.82, 2.24) is 15.0 Å². The van der Waals surface area contributed by atoms with E-state index in [9.17, 15) is 4.79 Å². The van der Waals surface area contributed by atoms with Crippen molar-refractivity contribution in [3.8, 4) is 0 Å². The first-order valence-corrected chi connectivity index (χ1v) is 10.5. The second-order valence-corrected chi connectivity index (χ2v) is 8.25. The Morgan fingerprint density at radius 2 is 1.96 bits per heavy atom. The third-order valence-corrected chi connectivity index (χ3v) is 6.10. The third kappa shape index (κ3) is 4.64. The van der Waals surface area contributed by atoms with Crippen LogP contribution in [0.3, 0.4) is 0 Å². The van der Waals surface area contributed by atoms with E-state index in [0.717, 1.165) is 44.2 Å². The summed E-state index contributed by atoms with van der Waals surface area (Å²) in [5, 5.41) is 4.09. The van der Waals surface area contributed by atoms with Gasteiger partial charge in [-0.05, 0) is 43.9 Å². The molecule has 4 rings (SSSR count). The zero-order chi connectivity index (χ0) is 17.8. The van der Waals surface area contributed by atoms with E-state index < -0.39 is 0 Å². The Hall–Kier alpha value is -1.43. The zero-order valence-electron chi connectivity index (χ0n) is 15.7. The Labute approximate surface area is 155 Å². The summed E-state index contributed by atoms with van der Waals surface area (Å²) in [6.07, 6.45) is 12.2. The minimum atomic E-state index is -0.0280. The Balaban J connectivity index is 1.25. The molecule has 2 heterocycles. The van der Waals surface area contributed by atoms with Crippen LogP contribution < -0.4 is 0 Å². The van der Waals surface area contributed by atoms with E-state index in [1.807, 2.05) is 4.90 Å². The molecule has 0 radical (unpaired) electrons. The number of hydrogen-bond acceptors (Lipinski definition) is 5. The van der Waals surface area contributed by atoms with Crippen LogP contribution in [0.2, 0.25) is 0 Å². The molecule has 1 aliphatic heterocycles. The third-order valence-electron chi connectivity index (χ3n) is 6.10. The van der Waals surface area contributed by atoms with Crippen molar-refractivity contribution in [2.24, 2.45) is 11.8 Å². The van der Waals surface area contributed by atoms with Gasteiger partial charge in [0, 0.05) is 26.0 Å². The van der Waals surface area contributed by atoms with E-state index in [1.165, 1.54) is 38.5 Å². The van der Waals surface area contributed by atoms with Crippen molar-refractivity contribution < 1.29 is 14.1 Å². The van der Waals surface area contributed by atoms with Gasteiger partial charge in [-0.1, -0.05) is 30.8 Å². The molecule has 0 bridgehead atoms. The zero-order valence-corrected chi connectivity index (χ0v) is 15.7. The van der Waals surface area contributed by atoms with Crippen molar-refractivity contribution in [3.63, 3.8) is 0 Å². The monoisotopic (exact) mass is 361 g/mol. The lowest BCUT2D eigenvalue weighted by atomic mass is 10.0. The van der Waals surface area contributed by atoms with E-state index in [2.05, 4.69) is 10.1 Å². The second-order valence-electron chi connectivity index (χ2n) is 8.25. The summed E-state index contributed by atoms with van der Waals surface area (Å²) >= 11 is 0. The predicted octanol–water partition coefficient (Wildman–Crippen LogP) is 3.67. The van der Waals surface area contributed by atoms with Gasteiger partial charge >= 0.3 is 0 Å². The Morgan fingerprint density at radius 1 is 1.12 bits per heavy atom. The number of ether oxygens (including phenoxy) is 1. The van der Waals surface area contributed by atoms with Crippen LogP contribution in [0.4, 0.5) is 0 Å². The minimum absolute atomic E-state index is 0.0280. The van der Waals surface area contributed by atoms with Gasteiger partial charge in [-0.15, -0.1) is 0 Å². The Bertz CT molecular complexity index is 593. The maximum atomic E-state index is 12.7. The lowest BCUT2D eigenvalue weighted by Gasteiger charge is -2.22. The molecule has 1 atom stereocenters. The lowest BCUT2D eigenvalue weighted by Crippen LogP contribution is -2.30. The molecule has 1 unspecified atom stereocenters. The molecular formula is C20H31N3O3. The molecule has 0 aromatic carbocycles. The summed E-state index contributed by atoms with van der Waals surface area (Å²) in [5.41, 5.74) is 0. The largest absolute Gasteiger partial charge is 0.381 e. The van der Waals surface area contributed by atoms with Crippen LogP contribution in [0.5, 0.6) is 0 Å². The van der Waals surface area contributed by atoms with Crippen LogP contribution in [0, 0.1) is 11.8 Å². The summed E-state index contributed by atoms with van der Waals surface area (Å²) in [6.45, 7) is 2.32. The number of carbonyl (C=O) groups excluding carboxylic acids is 1. The highest BCUT2D eigenvalue weighted by Gasteiger charge is 2.34. The molecule has 1 aromatic rings. The summed E-state index contributed by atoms with van der Waals surface area (Å²) in [4.78, 5) is 19.2. The summed E-state index contributed by atoms with van der Waals surface area (Å²) in [7, 11) is 0. The highest BCUT2D eigenvalue weighted by atomic mass is 16.5. The van der Waals surface area contributed by atoms with Crippen molar-refractivity contribution in [2.45, 2.75) is 76.7 Å².